The maximum Gasteiger partial charge on any atom is 0.242 e. The molecule has 1 heterocycles. The van der Waals surface area contributed by atoms with Gasteiger partial charge in [-0.05, 0) is 13.8 Å². The second-order valence-corrected chi connectivity index (χ2v) is 3.74. The molecule has 78 valence electrons. The molecule has 1 aliphatic rings. The molecule has 0 aliphatic carbocycles. The van der Waals surface area contributed by atoms with Gasteiger partial charge in [0.25, 0.3) is 0 Å². The number of hydrogen-bond acceptors (Lipinski definition) is 3. The predicted octanol–water partition coefficient (Wildman–Crippen LogP) is 0.484. The van der Waals surface area contributed by atoms with Crippen LogP contribution in [0.5, 0.6) is 0 Å². The molecule has 2 N–H and O–H groups in total. The fourth-order valence-corrected chi connectivity index (χ4v) is 1.38. The molecule has 1 aliphatic heterocycles. The molecule has 1 amide bonds. The third-order valence-corrected chi connectivity index (χ3v) is 2.11. The van der Waals surface area contributed by atoms with Crippen LogP contribution in [-0.2, 0) is 4.79 Å². The molecule has 0 aromatic carbocycles. The highest BCUT2D eigenvalue weighted by Crippen LogP contribution is 2.13. The fraction of sp³-hybridized carbons (Fsp3) is 0.500. The van der Waals surface area contributed by atoms with Gasteiger partial charge >= 0.3 is 0 Å². The van der Waals surface area contributed by atoms with Crippen molar-refractivity contribution < 1.29 is 4.79 Å². The summed E-state index contributed by atoms with van der Waals surface area (Å²) in [4.78, 5) is 15.0. The lowest BCUT2D eigenvalue weighted by Crippen LogP contribution is -2.45. The predicted molar refractivity (Wildman–Crippen MR) is 56.0 cm³/mol. The minimum absolute atomic E-state index is 0.119. The maximum atomic E-state index is 11.4. The first-order chi connectivity index (χ1) is 6.54. The second-order valence-electron chi connectivity index (χ2n) is 3.74. The number of hydrogen-bond donors (Lipinski definition) is 1. The number of piperazine rings is 1. The van der Waals surface area contributed by atoms with Crippen LogP contribution in [0, 0.1) is 0 Å². The van der Waals surface area contributed by atoms with Crippen molar-refractivity contribution in [3.05, 3.63) is 23.7 Å². The van der Waals surface area contributed by atoms with Gasteiger partial charge in [0.2, 0.25) is 5.91 Å². The Balaban J connectivity index is 2.84. The van der Waals surface area contributed by atoms with Gasteiger partial charge < -0.3 is 15.5 Å². The Bertz CT molecular complexity index is 290. The van der Waals surface area contributed by atoms with Crippen LogP contribution in [0.4, 0.5) is 0 Å². The van der Waals surface area contributed by atoms with E-state index in [1.807, 2.05) is 24.9 Å². The second kappa shape index (κ2) is 4.17. The number of rotatable bonds is 1. The monoisotopic (exact) mass is 195 g/mol. The van der Waals surface area contributed by atoms with E-state index in [0.717, 1.165) is 11.3 Å². The summed E-state index contributed by atoms with van der Waals surface area (Å²) in [5.41, 5.74) is 7.63. The topological polar surface area (TPSA) is 49.6 Å². The molecule has 0 aromatic heterocycles. The van der Waals surface area contributed by atoms with Crippen molar-refractivity contribution >= 4 is 5.91 Å². The van der Waals surface area contributed by atoms with Gasteiger partial charge in [-0.15, -0.1) is 0 Å². The Hall–Kier alpha value is -1.45. The zero-order chi connectivity index (χ0) is 10.7. The highest BCUT2D eigenvalue weighted by atomic mass is 16.2. The number of likely N-dealkylation sites (N-methyl/N-ethyl adjacent to an activating group) is 1. The van der Waals surface area contributed by atoms with Gasteiger partial charge in [0.05, 0.1) is 12.2 Å². The molecule has 1 rings (SSSR count). The van der Waals surface area contributed by atoms with Gasteiger partial charge in [-0.3, -0.25) is 4.79 Å². The molecule has 0 unspecified atom stereocenters. The summed E-state index contributed by atoms with van der Waals surface area (Å²) in [5, 5.41) is 0. The summed E-state index contributed by atoms with van der Waals surface area (Å²) in [6, 6.07) is 0. The van der Waals surface area contributed by atoms with Crippen molar-refractivity contribution in [2.45, 2.75) is 13.8 Å². The molecule has 0 aromatic rings. The van der Waals surface area contributed by atoms with E-state index in [4.69, 9.17) is 5.73 Å². The van der Waals surface area contributed by atoms with E-state index < -0.39 is 0 Å². The molecule has 0 spiro atoms. The van der Waals surface area contributed by atoms with E-state index in [1.54, 1.807) is 18.1 Å². The maximum absolute atomic E-state index is 11.4. The Kier molecular flexibility index (Phi) is 3.17. The van der Waals surface area contributed by atoms with Gasteiger partial charge in [-0.25, -0.2) is 0 Å². The summed E-state index contributed by atoms with van der Waals surface area (Å²) in [6.07, 6.45) is 3.51. The third-order valence-electron chi connectivity index (χ3n) is 2.11. The molecule has 1 fully saturated rings. The van der Waals surface area contributed by atoms with Gasteiger partial charge in [0.1, 0.15) is 6.54 Å². The number of allylic oxidation sites excluding steroid dienone is 1. The summed E-state index contributed by atoms with van der Waals surface area (Å²) in [7, 11) is 1.78. The highest BCUT2D eigenvalue weighted by molar-refractivity contribution is 5.79. The number of amides is 1. The van der Waals surface area contributed by atoms with Crippen LogP contribution < -0.4 is 5.73 Å². The van der Waals surface area contributed by atoms with Crippen molar-refractivity contribution in [2.75, 3.05) is 20.1 Å². The molecule has 0 radical (unpaired) electrons. The number of carbonyl (C=O) groups is 1. The Labute approximate surface area is 84.7 Å². The molecule has 4 nitrogen and oxygen atoms in total. The normalized spacial score (nSPS) is 20.2. The van der Waals surface area contributed by atoms with E-state index in [2.05, 4.69) is 0 Å². The van der Waals surface area contributed by atoms with E-state index in [9.17, 15) is 4.79 Å². The zero-order valence-corrected chi connectivity index (χ0v) is 8.95. The Morgan fingerprint density at radius 2 is 2.07 bits per heavy atom. The lowest BCUT2D eigenvalue weighted by molar-refractivity contribution is -0.131. The van der Waals surface area contributed by atoms with Gasteiger partial charge in [0.15, 0.2) is 0 Å². The molecule has 0 bridgehead atoms. The summed E-state index contributed by atoms with van der Waals surface area (Å²) >= 11 is 0. The lowest BCUT2D eigenvalue weighted by atomic mass is 10.2. The lowest BCUT2D eigenvalue weighted by Gasteiger charge is -2.33. The van der Waals surface area contributed by atoms with Crippen molar-refractivity contribution in [1.29, 1.82) is 0 Å². The minimum Gasteiger partial charge on any atom is -0.403 e. The number of carbonyl (C=O) groups excluding carboxylic acids is 1. The van der Waals surface area contributed by atoms with Crippen LogP contribution in [0.15, 0.2) is 23.7 Å². The van der Waals surface area contributed by atoms with Crippen LogP contribution in [0.3, 0.4) is 0 Å². The molecule has 14 heavy (non-hydrogen) atoms. The van der Waals surface area contributed by atoms with E-state index in [0.29, 0.717) is 13.1 Å². The smallest absolute Gasteiger partial charge is 0.242 e. The largest absolute Gasteiger partial charge is 0.403 e. The first-order valence-corrected chi connectivity index (χ1v) is 4.61. The summed E-state index contributed by atoms with van der Waals surface area (Å²) in [6.45, 7) is 4.96. The first-order valence-electron chi connectivity index (χ1n) is 4.61. The van der Waals surface area contributed by atoms with E-state index in [1.165, 1.54) is 0 Å². The molecule has 0 saturated carbocycles. The molecular formula is C10H17N3O. The SMILES string of the molecule is CC(C)=CN1CC(=O)N(C)C/C1=C/N. The standard InChI is InChI=1S/C10H17N3O/c1-8(2)5-13-7-10(14)12(3)6-9(13)4-11/h4-5H,6-7,11H2,1-3H3/b9-4-. The van der Waals surface area contributed by atoms with Crippen molar-refractivity contribution in [1.82, 2.24) is 9.80 Å². The van der Waals surface area contributed by atoms with E-state index >= 15 is 0 Å². The van der Waals surface area contributed by atoms with Crippen LogP contribution >= 0.6 is 0 Å². The highest BCUT2D eigenvalue weighted by Gasteiger charge is 2.22. The van der Waals surface area contributed by atoms with Gasteiger partial charge in [-0.2, -0.15) is 0 Å². The average molecular weight is 195 g/mol. The van der Waals surface area contributed by atoms with Crippen molar-refractivity contribution in [3.63, 3.8) is 0 Å². The first kappa shape index (κ1) is 10.6. The zero-order valence-electron chi connectivity index (χ0n) is 8.95. The van der Waals surface area contributed by atoms with Crippen molar-refractivity contribution in [2.24, 2.45) is 5.73 Å². The van der Waals surface area contributed by atoms with Crippen LogP contribution in [0.1, 0.15) is 13.8 Å². The molecule has 0 atom stereocenters. The van der Waals surface area contributed by atoms with Crippen LogP contribution in [-0.4, -0.2) is 35.8 Å². The van der Waals surface area contributed by atoms with Crippen LogP contribution in [0.2, 0.25) is 0 Å². The summed E-state index contributed by atoms with van der Waals surface area (Å²) in [5.74, 6) is 0.119. The fourth-order valence-electron chi connectivity index (χ4n) is 1.38. The number of nitrogens with zero attached hydrogens (tertiary/aromatic N) is 2. The molecule has 1 saturated heterocycles. The van der Waals surface area contributed by atoms with E-state index in [-0.39, 0.29) is 5.91 Å². The number of nitrogens with two attached hydrogens (primary N) is 1. The van der Waals surface area contributed by atoms with Crippen LogP contribution in [0.25, 0.3) is 0 Å². The van der Waals surface area contributed by atoms with Crippen molar-refractivity contribution in [3.8, 4) is 0 Å². The molecule has 4 heteroatoms. The summed E-state index contributed by atoms with van der Waals surface area (Å²) < 4.78 is 0. The molecular weight excluding hydrogens is 178 g/mol. The Morgan fingerprint density at radius 1 is 1.43 bits per heavy atom. The van der Waals surface area contributed by atoms with Gasteiger partial charge in [-0.1, -0.05) is 5.57 Å². The van der Waals surface area contributed by atoms with Gasteiger partial charge in [0, 0.05) is 19.4 Å². The minimum atomic E-state index is 0.119. The Morgan fingerprint density at radius 3 is 2.57 bits per heavy atom. The third kappa shape index (κ3) is 2.28. The quantitative estimate of drug-likeness (QED) is 0.662. The average Bonchev–Trinajstić information content (AvgIpc) is 2.10.